The Morgan fingerprint density at radius 3 is 2.81 bits per heavy atom. The fourth-order valence-electron chi connectivity index (χ4n) is 2.26. The van der Waals surface area contributed by atoms with Gasteiger partial charge in [0.25, 0.3) is 5.91 Å². The minimum Gasteiger partial charge on any atom is -0.272 e. The number of carbonyl (C=O) groups is 1. The molecule has 0 aromatic heterocycles. The fourth-order valence-corrected chi connectivity index (χ4v) is 2.26. The van der Waals surface area contributed by atoms with E-state index in [4.69, 9.17) is 4.84 Å². The van der Waals surface area contributed by atoms with E-state index in [-0.39, 0.29) is 5.91 Å². The topological polar surface area (TPSA) is 29.5 Å². The summed E-state index contributed by atoms with van der Waals surface area (Å²) in [5, 5.41) is 3.65. The van der Waals surface area contributed by atoms with Gasteiger partial charge in [0.05, 0.1) is 19.2 Å². The number of hydrogen-bond donors (Lipinski definition) is 0. The van der Waals surface area contributed by atoms with Gasteiger partial charge in [-0.15, -0.1) is 0 Å². The summed E-state index contributed by atoms with van der Waals surface area (Å²) < 4.78 is 0. The van der Waals surface area contributed by atoms with Crippen LogP contribution < -0.4 is 5.06 Å². The molecule has 2 aromatic carbocycles. The zero-order valence-electron chi connectivity index (χ0n) is 8.93. The number of rotatable bonds is 1. The van der Waals surface area contributed by atoms with Crippen LogP contribution in [0.25, 0.3) is 10.8 Å². The second kappa shape index (κ2) is 3.32. The summed E-state index contributed by atoms with van der Waals surface area (Å²) in [7, 11) is 1.52. The summed E-state index contributed by atoms with van der Waals surface area (Å²) >= 11 is 0. The lowest BCUT2D eigenvalue weighted by Gasteiger charge is -2.13. The molecular formula is C13H11NO2. The highest BCUT2D eigenvalue weighted by atomic mass is 16.7. The molecule has 0 unspecified atom stereocenters. The Labute approximate surface area is 93.2 Å². The molecule has 0 radical (unpaired) electrons. The number of hydrogen-bond acceptors (Lipinski definition) is 2. The smallest absolute Gasteiger partial charge is 0.255 e. The summed E-state index contributed by atoms with van der Waals surface area (Å²) in [6, 6.07) is 12.0. The van der Waals surface area contributed by atoms with Crippen LogP contribution in [0.1, 0.15) is 5.56 Å². The molecular weight excluding hydrogens is 202 g/mol. The van der Waals surface area contributed by atoms with Gasteiger partial charge in [-0.1, -0.05) is 30.3 Å². The van der Waals surface area contributed by atoms with E-state index in [1.54, 1.807) is 0 Å². The summed E-state index contributed by atoms with van der Waals surface area (Å²) in [5.41, 5.74) is 1.93. The quantitative estimate of drug-likeness (QED) is 0.727. The van der Waals surface area contributed by atoms with E-state index in [0.29, 0.717) is 6.42 Å². The Bertz CT molecular complexity index is 577. The zero-order chi connectivity index (χ0) is 11.1. The van der Waals surface area contributed by atoms with Gasteiger partial charge in [0.15, 0.2) is 0 Å². The van der Waals surface area contributed by atoms with Crippen molar-refractivity contribution in [2.24, 2.45) is 0 Å². The molecule has 1 aliphatic heterocycles. The molecule has 3 rings (SSSR count). The highest BCUT2D eigenvalue weighted by molar-refractivity contribution is 6.06. The number of hydroxylamine groups is 1. The standard InChI is InChI=1S/C13H11NO2/c1-16-14-12-7-6-9-4-2-3-5-10(9)11(12)8-13(14)15/h2-7H,8H2,1H3. The van der Waals surface area contributed by atoms with E-state index in [2.05, 4.69) is 6.07 Å². The molecule has 0 spiro atoms. The second-order valence-electron chi connectivity index (χ2n) is 3.83. The van der Waals surface area contributed by atoms with Crippen LogP contribution in [0.2, 0.25) is 0 Å². The lowest BCUT2D eigenvalue weighted by Crippen LogP contribution is -2.24. The molecule has 0 bridgehead atoms. The van der Waals surface area contributed by atoms with Crippen LogP contribution >= 0.6 is 0 Å². The van der Waals surface area contributed by atoms with Gasteiger partial charge in [0.2, 0.25) is 0 Å². The third kappa shape index (κ3) is 1.15. The molecule has 1 amide bonds. The summed E-state index contributed by atoms with van der Waals surface area (Å²) in [6.45, 7) is 0. The molecule has 16 heavy (non-hydrogen) atoms. The van der Waals surface area contributed by atoms with E-state index >= 15 is 0 Å². The van der Waals surface area contributed by atoms with Gasteiger partial charge in [0.1, 0.15) is 0 Å². The Morgan fingerprint density at radius 2 is 2.00 bits per heavy atom. The van der Waals surface area contributed by atoms with E-state index in [0.717, 1.165) is 22.0 Å². The van der Waals surface area contributed by atoms with Crippen LogP contribution in [-0.2, 0) is 16.1 Å². The Balaban J connectivity index is 2.30. The van der Waals surface area contributed by atoms with Gasteiger partial charge in [-0.3, -0.25) is 9.63 Å². The van der Waals surface area contributed by atoms with E-state index in [1.165, 1.54) is 12.2 Å². The number of anilines is 1. The van der Waals surface area contributed by atoms with Crippen molar-refractivity contribution in [3.63, 3.8) is 0 Å². The maximum atomic E-state index is 11.7. The molecule has 0 saturated heterocycles. The molecule has 1 heterocycles. The number of fused-ring (bicyclic) bond motifs is 3. The van der Waals surface area contributed by atoms with Crippen molar-refractivity contribution in [3.05, 3.63) is 42.0 Å². The summed E-state index contributed by atoms with van der Waals surface area (Å²) in [5.74, 6) is -0.00569. The third-order valence-corrected chi connectivity index (χ3v) is 2.97. The average molecular weight is 213 g/mol. The van der Waals surface area contributed by atoms with Gasteiger partial charge in [0, 0.05) is 0 Å². The number of benzene rings is 2. The SMILES string of the molecule is CON1C(=O)Cc2c1ccc1ccccc21. The largest absolute Gasteiger partial charge is 0.272 e. The molecule has 0 aliphatic carbocycles. The van der Waals surface area contributed by atoms with Crippen molar-refractivity contribution in [2.45, 2.75) is 6.42 Å². The first-order chi connectivity index (χ1) is 7.81. The minimum atomic E-state index is -0.00569. The van der Waals surface area contributed by atoms with Crippen LogP contribution in [0.3, 0.4) is 0 Å². The monoisotopic (exact) mass is 213 g/mol. The summed E-state index contributed by atoms with van der Waals surface area (Å²) in [4.78, 5) is 16.8. The van der Waals surface area contributed by atoms with E-state index in [1.807, 2.05) is 30.3 Å². The van der Waals surface area contributed by atoms with E-state index < -0.39 is 0 Å². The second-order valence-corrected chi connectivity index (χ2v) is 3.83. The van der Waals surface area contributed by atoms with Gasteiger partial charge in [-0.05, 0) is 22.4 Å². The predicted molar refractivity (Wildman–Crippen MR) is 62.1 cm³/mol. The molecule has 0 atom stereocenters. The predicted octanol–water partition coefficient (Wildman–Crippen LogP) is 2.29. The molecule has 3 nitrogen and oxygen atoms in total. The highest BCUT2D eigenvalue weighted by Gasteiger charge is 2.28. The Hall–Kier alpha value is -1.87. The Kier molecular flexibility index (Phi) is 1.94. The molecule has 0 fully saturated rings. The molecule has 0 N–H and O–H groups in total. The molecule has 2 aromatic rings. The Morgan fingerprint density at radius 1 is 1.19 bits per heavy atom. The molecule has 3 heteroatoms. The summed E-state index contributed by atoms with van der Waals surface area (Å²) in [6.07, 6.45) is 0.421. The van der Waals surface area contributed by atoms with Crippen LogP contribution in [0.15, 0.2) is 36.4 Å². The minimum absolute atomic E-state index is 0.00569. The van der Waals surface area contributed by atoms with Gasteiger partial charge in [-0.2, -0.15) is 5.06 Å². The van der Waals surface area contributed by atoms with Crippen LogP contribution in [-0.4, -0.2) is 13.0 Å². The number of amides is 1. The van der Waals surface area contributed by atoms with Gasteiger partial charge < -0.3 is 0 Å². The van der Waals surface area contributed by atoms with E-state index in [9.17, 15) is 4.79 Å². The maximum absolute atomic E-state index is 11.7. The molecule has 0 saturated carbocycles. The van der Waals surface area contributed by atoms with Crippen LogP contribution in [0.5, 0.6) is 0 Å². The highest BCUT2D eigenvalue weighted by Crippen LogP contribution is 2.34. The maximum Gasteiger partial charge on any atom is 0.255 e. The number of nitrogens with zero attached hydrogens (tertiary/aromatic N) is 1. The average Bonchev–Trinajstić information content (AvgIpc) is 2.65. The van der Waals surface area contributed by atoms with Gasteiger partial charge in [-0.25, -0.2) is 0 Å². The van der Waals surface area contributed by atoms with Crippen molar-refractivity contribution < 1.29 is 9.63 Å². The van der Waals surface area contributed by atoms with Crippen molar-refractivity contribution >= 4 is 22.4 Å². The van der Waals surface area contributed by atoms with Crippen molar-refractivity contribution in [1.29, 1.82) is 0 Å². The molecule has 1 aliphatic rings. The fraction of sp³-hybridized carbons (Fsp3) is 0.154. The normalized spacial score (nSPS) is 14.6. The van der Waals surface area contributed by atoms with Crippen LogP contribution in [0.4, 0.5) is 5.69 Å². The van der Waals surface area contributed by atoms with Crippen molar-refractivity contribution in [1.82, 2.24) is 0 Å². The first kappa shape index (κ1) is 9.36. The molecule has 80 valence electrons. The lowest BCUT2D eigenvalue weighted by molar-refractivity contribution is -0.123. The first-order valence-electron chi connectivity index (χ1n) is 5.19. The number of carbonyl (C=O) groups excluding carboxylic acids is 1. The third-order valence-electron chi connectivity index (χ3n) is 2.97. The zero-order valence-corrected chi connectivity index (χ0v) is 8.93. The lowest BCUT2D eigenvalue weighted by atomic mass is 10.0. The first-order valence-corrected chi connectivity index (χ1v) is 5.19. The van der Waals surface area contributed by atoms with Crippen LogP contribution in [0, 0.1) is 0 Å². The van der Waals surface area contributed by atoms with Crippen molar-refractivity contribution in [2.75, 3.05) is 12.2 Å². The van der Waals surface area contributed by atoms with Crippen molar-refractivity contribution in [3.8, 4) is 0 Å². The van der Waals surface area contributed by atoms with Gasteiger partial charge >= 0.3 is 0 Å².